The second-order valence-corrected chi connectivity index (χ2v) is 10.5. The molecule has 1 saturated heterocycles. The Bertz CT molecular complexity index is 1400. The molecule has 4 rings (SSSR count). The number of halogens is 1. The van der Waals surface area contributed by atoms with Crippen LogP contribution in [0.2, 0.25) is 0 Å². The number of aromatic nitrogens is 2. The number of benzene rings is 1. The molecule has 9 nitrogen and oxygen atoms in total. The fourth-order valence-electron chi connectivity index (χ4n) is 4.50. The van der Waals surface area contributed by atoms with Crippen LogP contribution in [0.25, 0.3) is 6.08 Å². The maximum Gasteiger partial charge on any atom is 0.337 e. The fourth-order valence-corrected chi connectivity index (χ4v) is 5.16. The number of imide groups is 1. The minimum atomic E-state index is -0.481. The number of amides is 3. The molecule has 0 atom stereocenters. The highest BCUT2D eigenvalue weighted by atomic mass is 35.5. The number of Topliss-reactive ketones (excluding diaryl/α,β-unsaturated/α-hetero) is 1. The Kier molecular flexibility index (Phi) is 11.4. The lowest BCUT2D eigenvalue weighted by atomic mass is 10.1. The zero-order valence-electron chi connectivity index (χ0n) is 23.5. The van der Waals surface area contributed by atoms with Gasteiger partial charge in [0.05, 0.1) is 36.0 Å². The normalized spacial score (nSPS) is 14.1. The summed E-state index contributed by atoms with van der Waals surface area (Å²) in [6.07, 6.45) is 7.55. The van der Waals surface area contributed by atoms with Gasteiger partial charge in [-0.1, -0.05) is 44.9 Å². The van der Waals surface area contributed by atoms with Gasteiger partial charge in [-0.25, -0.2) is 14.6 Å². The van der Waals surface area contributed by atoms with Gasteiger partial charge in [-0.2, -0.15) is 0 Å². The number of ketones is 1. The zero-order valence-corrected chi connectivity index (χ0v) is 25.1. The molecule has 2 aromatic heterocycles. The third kappa shape index (κ3) is 7.31. The molecule has 11 heteroatoms. The lowest BCUT2D eigenvalue weighted by molar-refractivity contribution is -0.123. The van der Waals surface area contributed by atoms with Gasteiger partial charge < -0.3 is 9.30 Å². The highest BCUT2D eigenvalue weighted by molar-refractivity contribution is 7.12. The van der Waals surface area contributed by atoms with Crippen LogP contribution in [0.3, 0.4) is 0 Å². The Morgan fingerprint density at radius 2 is 1.76 bits per heavy atom. The van der Waals surface area contributed by atoms with Gasteiger partial charge >= 0.3 is 12.0 Å². The third-order valence-electron chi connectivity index (χ3n) is 6.77. The number of esters is 1. The van der Waals surface area contributed by atoms with E-state index in [1.165, 1.54) is 28.2 Å². The van der Waals surface area contributed by atoms with Crippen molar-refractivity contribution >= 4 is 53.5 Å². The van der Waals surface area contributed by atoms with Crippen LogP contribution in [0.15, 0.2) is 53.7 Å². The average molecular weight is 599 g/mol. The Labute approximate surface area is 250 Å². The Hall–Kier alpha value is -3.76. The first-order chi connectivity index (χ1) is 19.4. The molecule has 218 valence electrons. The number of imidazole rings is 1. The smallest absolute Gasteiger partial charge is 0.337 e. The summed E-state index contributed by atoms with van der Waals surface area (Å²) in [5.74, 6) is -0.186. The molecular weight excluding hydrogens is 564 g/mol. The summed E-state index contributed by atoms with van der Waals surface area (Å²) in [6.45, 7) is 4.63. The summed E-state index contributed by atoms with van der Waals surface area (Å²) in [5.41, 5.74) is 2.21. The Balaban J connectivity index is 0.00000462. The second-order valence-electron chi connectivity index (χ2n) is 9.59. The molecule has 3 amide bonds. The van der Waals surface area contributed by atoms with Crippen molar-refractivity contribution in [2.24, 2.45) is 0 Å². The Morgan fingerprint density at radius 1 is 1.02 bits per heavy atom. The van der Waals surface area contributed by atoms with E-state index < -0.39 is 17.9 Å². The largest absolute Gasteiger partial charge is 0.465 e. The molecule has 0 unspecified atom stereocenters. The van der Waals surface area contributed by atoms with E-state index in [-0.39, 0.29) is 30.4 Å². The first-order valence-corrected chi connectivity index (χ1v) is 14.4. The SMILES string of the molecule is CCCCc1ncc(/C=C2/C(=O)N(CCCC)C(=O)N2CC(=O)c2cccs2)n1Cc1ccc(C(=O)OC)cc1.Cl. The van der Waals surface area contributed by atoms with Crippen LogP contribution >= 0.6 is 23.7 Å². The highest BCUT2D eigenvalue weighted by Crippen LogP contribution is 2.26. The quantitative estimate of drug-likeness (QED) is 0.106. The summed E-state index contributed by atoms with van der Waals surface area (Å²) in [4.78, 5) is 59.4. The number of hydrogen-bond acceptors (Lipinski definition) is 7. The predicted molar refractivity (Wildman–Crippen MR) is 160 cm³/mol. The van der Waals surface area contributed by atoms with Crippen molar-refractivity contribution in [2.75, 3.05) is 20.2 Å². The van der Waals surface area contributed by atoms with Crippen molar-refractivity contribution < 1.29 is 23.9 Å². The lowest BCUT2D eigenvalue weighted by Crippen LogP contribution is -2.35. The summed E-state index contributed by atoms with van der Waals surface area (Å²) in [6, 6.07) is 10.2. The molecule has 0 saturated carbocycles. The number of carbonyl (C=O) groups excluding carboxylic acids is 4. The lowest BCUT2D eigenvalue weighted by Gasteiger charge is -2.16. The number of hydrogen-bond donors (Lipinski definition) is 0. The second kappa shape index (κ2) is 14.7. The van der Waals surface area contributed by atoms with Crippen molar-refractivity contribution in [3.63, 3.8) is 0 Å². The van der Waals surface area contributed by atoms with Crippen molar-refractivity contribution in [3.8, 4) is 0 Å². The standard InChI is InChI=1S/C30H34N4O5S.ClH/c1-4-6-10-27-31-18-23(33(27)19-21-11-13-22(14-12-21)29(37)39-3)17-24-28(36)32(15-7-5-2)30(38)34(24)20-25(35)26-9-8-16-40-26;/h8-9,11-14,16-18H,4-7,10,15,19-20H2,1-3H3;1H/b24-17-;. The molecule has 0 N–H and O–H groups in total. The molecule has 0 spiro atoms. The third-order valence-corrected chi connectivity index (χ3v) is 7.68. The monoisotopic (exact) mass is 598 g/mol. The molecule has 1 fully saturated rings. The number of unbranched alkanes of at least 4 members (excludes halogenated alkanes) is 2. The summed E-state index contributed by atoms with van der Waals surface area (Å²) >= 11 is 1.31. The number of rotatable bonds is 13. The molecule has 3 aromatic rings. The van der Waals surface area contributed by atoms with Crippen LogP contribution in [0.1, 0.15) is 76.6 Å². The first-order valence-electron chi connectivity index (χ1n) is 13.5. The molecule has 3 heterocycles. The first kappa shape index (κ1) is 31.8. The number of carbonyl (C=O) groups is 4. The molecule has 1 aliphatic heterocycles. The topological polar surface area (TPSA) is 102 Å². The molecule has 0 bridgehead atoms. The van der Waals surface area contributed by atoms with E-state index in [1.54, 1.807) is 36.5 Å². The summed E-state index contributed by atoms with van der Waals surface area (Å²) in [5, 5.41) is 1.81. The van der Waals surface area contributed by atoms with Gasteiger partial charge in [0.2, 0.25) is 0 Å². The number of thiophene rings is 1. The molecule has 41 heavy (non-hydrogen) atoms. The number of ether oxygens (including phenoxy) is 1. The van der Waals surface area contributed by atoms with Gasteiger partial charge in [-0.05, 0) is 48.1 Å². The minimum absolute atomic E-state index is 0. The molecule has 1 aromatic carbocycles. The van der Waals surface area contributed by atoms with E-state index in [9.17, 15) is 19.2 Å². The van der Waals surface area contributed by atoms with E-state index in [4.69, 9.17) is 4.74 Å². The Morgan fingerprint density at radius 3 is 2.39 bits per heavy atom. The van der Waals surface area contributed by atoms with Crippen molar-refractivity contribution in [1.82, 2.24) is 19.4 Å². The van der Waals surface area contributed by atoms with Gasteiger partial charge in [0, 0.05) is 19.5 Å². The number of urea groups is 1. The van der Waals surface area contributed by atoms with E-state index in [0.29, 0.717) is 35.6 Å². The van der Waals surface area contributed by atoms with E-state index >= 15 is 0 Å². The summed E-state index contributed by atoms with van der Waals surface area (Å²) < 4.78 is 6.81. The summed E-state index contributed by atoms with van der Waals surface area (Å²) in [7, 11) is 1.34. The average Bonchev–Trinajstić information content (AvgIpc) is 3.68. The molecule has 1 aliphatic rings. The molecular formula is C30H35ClN4O5S. The van der Waals surface area contributed by atoms with Gasteiger partial charge in [-0.15, -0.1) is 23.7 Å². The van der Waals surface area contributed by atoms with E-state index in [0.717, 1.165) is 37.1 Å². The fraction of sp³-hybridized carbons (Fsp3) is 0.367. The van der Waals surface area contributed by atoms with E-state index in [2.05, 4.69) is 11.9 Å². The van der Waals surface area contributed by atoms with Gasteiger partial charge in [-0.3, -0.25) is 19.4 Å². The van der Waals surface area contributed by atoms with Crippen LogP contribution in [0, 0.1) is 0 Å². The van der Waals surface area contributed by atoms with E-state index in [1.807, 2.05) is 29.0 Å². The molecule has 0 radical (unpaired) electrons. The maximum absolute atomic E-state index is 13.5. The van der Waals surface area contributed by atoms with Gasteiger partial charge in [0.15, 0.2) is 5.78 Å². The predicted octanol–water partition coefficient (Wildman–Crippen LogP) is 5.83. The van der Waals surface area contributed by atoms with Crippen LogP contribution in [0.5, 0.6) is 0 Å². The van der Waals surface area contributed by atoms with Crippen molar-refractivity contribution in [1.29, 1.82) is 0 Å². The number of methoxy groups -OCH3 is 1. The van der Waals surface area contributed by atoms with Crippen molar-refractivity contribution in [2.45, 2.75) is 52.5 Å². The van der Waals surface area contributed by atoms with Crippen LogP contribution < -0.4 is 0 Å². The van der Waals surface area contributed by atoms with Crippen LogP contribution in [-0.2, 0) is 22.5 Å². The van der Waals surface area contributed by atoms with Gasteiger partial charge in [0.25, 0.3) is 5.91 Å². The molecule has 0 aliphatic carbocycles. The number of nitrogens with zero attached hydrogens (tertiary/aromatic N) is 4. The van der Waals surface area contributed by atoms with Gasteiger partial charge in [0.1, 0.15) is 11.5 Å². The highest BCUT2D eigenvalue weighted by Gasteiger charge is 2.41. The van der Waals surface area contributed by atoms with Crippen LogP contribution in [-0.4, -0.2) is 63.2 Å². The minimum Gasteiger partial charge on any atom is -0.465 e. The van der Waals surface area contributed by atoms with Crippen LogP contribution in [0.4, 0.5) is 4.79 Å². The van der Waals surface area contributed by atoms with Crippen molar-refractivity contribution in [3.05, 3.63) is 81.2 Å². The maximum atomic E-state index is 13.5. The number of aryl methyl sites for hydroxylation is 1. The zero-order chi connectivity index (χ0) is 28.6.